The van der Waals surface area contributed by atoms with Crippen LogP contribution in [0.15, 0.2) is 18.2 Å². The lowest BCUT2D eigenvalue weighted by atomic mass is 10.0. The van der Waals surface area contributed by atoms with Crippen LogP contribution in [0, 0.1) is 0 Å². The van der Waals surface area contributed by atoms with E-state index in [-0.39, 0.29) is 5.60 Å². The van der Waals surface area contributed by atoms with Crippen LogP contribution >= 0.6 is 0 Å². The molecular weight excluding hydrogens is 212 g/mol. The third-order valence-electron chi connectivity index (χ3n) is 3.05. The molecule has 1 aliphatic rings. The summed E-state index contributed by atoms with van der Waals surface area (Å²) in [5.41, 5.74) is 7.87. The van der Waals surface area contributed by atoms with E-state index in [1.807, 2.05) is 0 Å². The second kappa shape index (κ2) is 4.57. The predicted octanol–water partition coefficient (Wildman–Crippen LogP) is 2.53. The summed E-state index contributed by atoms with van der Waals surface area (Å²) in [5.74, 6) is 0.970. The van der Waals surface area contributed by atoms with Crippen molar-refractivity contribution in [2.45, 2.75) is 39.3 Å². The average molecular weight is 234 g/mol. The molecule has 1 aromatic carbocycles. The smallest absolute Gasteiger partial charge is 0.143 e. The van der Waals surface area contributed by atoms with Gasteiger partial charge in [0.05, 0.1) is 12.2 Å². The van der Waals surface area contributed by atoms with Crippen LogP contribution in [0.4, 0.5) is 5.69 Å². The van der Waals surface area contributed by atoms with Crippen LogP contribution in [0.1, 0.15) is 32.8 Å². The van der Waals surface area contributed by atoms with Crippen molar-refractivity contribution in [1.82, 2.24) is 0 Å². The summed E-state index contributed by atoms with van der Waals surface area (Å²) in [6.07, 6.45) is 1.15. The first-order valence-corrected chi connectivity index (χ1v) is 6.32. The Morgan fingerprint density at radius 1 is 1.41 bits per heavy atom. The molecule has 0 unspecified atom stereocenters. The lowest BCUT2D eigenvalue weighted by Crippen LogP contribution is -2.47. The number of benzene rings is 1. The minimum absolute atomic E-state index is 0.130. The van der Waals surface area contributed by atoms with Gasteiger partial charge in [0.25, 0.3) is 0 Å². The molecule has 1 aromatic rings. The molecule has 94 valence electrons. The van der Waals surface area contributed by atoms with Crippen LogP contribution in [0.25, 0.3) is 0 Å². The maximum atomic E-state index is 6.04. The van der Waals surface area contributed by atoms with E-state index in [4.69, 9.17) is 10.5 Å². The summed E-state index contributed by atoms with van der Waals surface area (Å²) >= 11 is 0. The monoisotopic (exact) mass is 234 g/mol. The molecule has 0 radical (unpaired) electrons. The van der Waals surface area contributed by atoms with E-state index in [1.54, 1.807) is 0 Å². The SMILES string of the molecule is CCCN1CC(C)(C)Oc2cc(CN)ccc21. The third-order valence-corrected chi connectivity index (χ3v) is 3.05. The molecule has 3 nitrogen and oxygen atoms in total. The highest BCUT2D eigenvalue weighted by Gasteiger charge is 2.31. The van der Waals surface area contributed by atoms with Crippen LogP contribution in [-0.4, -0.2) is 18.7 Å². The molecule has 0 amide bonds. The van der Waals surface area contributed by atoms with E-state index in [0.29, 0.717) is 6.54 Å². The Labute approximate surface area is 104 Å². The van der Waals surface area contributed by atoms with Crippen molar-refractivity contribution in [3.05, 3.63) is 23.8 Å². The van der Waals surface area contributed by atoms with Crippen molar-refractivity contribution in [2.24, 2.45) is 5.73 Å². The molecule has 2 N–H and O–H groups in total. The Kier molecular flexibility index (Phi) is 3.29. The summed E-state index contributed by atoms with van der Waals surface area (Å²) < 4.78 is 6.04. The number of hydrogen-bond donors (Lipinski definition) is 1. The van der Waals surface area contributed by atoms with Gasteiger partial charge in [0.15, 0.2) is 0 Å². The van der Waals surface area contributed by atoms with E-state index in [9.17, 15) is 0 Å². The Bertz CT molecular complexity index is 401. The number of fused-ring (bicyclic) bond motifs is 1. The van der Waals surface area contributed by atoms with Gasteiger partial charge in [0, 0.05) is 13.1 Å². The molecule has 0 aromatic heterocycles. The quantitative estimate of drug-likeness (QED) is 0.873. The summed E-state index contributed by atoms with van der Waals surface area (Å²) in [6, 6.07) is 6.28. The molecule has 3 heteroatoms. The Balaban J connectivity index is 2.37. The van der Waals surface area contributed by atoms with Crippen molar-refractivity contribution < 1.29 is 4.74 Å². The molecule has 0 spiro atoms. The summed E-state index contributed by atoms with van der Waals surface area (Å²) in [4.78, 5) is 2.40. The van der Waals surface area contributed by atoms with Gasteiger partial charge < -0.3 is 15.4 Å². The standard InChI is InChI=1S/C14H22N2O/c1-4-7-16-10-14(2,3)17-13-8-11(9-15)5-6-12(13)16/h5-6,8H,4,7,9-10,15H2,1-3H3. The predicted molar refractivity (Wildman–Crippen MR) is 71.5 cm³/mol. The van der Waals surface area contributed by atoms with Crippen LogP contribution in [0.5, 0.6) is 5.75 Å². The third kappa shape index (κ3) is 2.55. The lowest BCUT2D eigenvalue weighted by Gasteiger charge is -2.41. The van der Waals surface area contributed by atoms with Gasteiger partial charge in [-0.15, -0.1) is 0 Å². The van der Waals surface area contributed by atoms with Crippen molar-refractivity contribution in [3.63, 3.8) is 0 Å². The van der Waals surface area contributed by atoms with Gasteiger partial charge in [-0.2, -0.15) is 0 Å². The second-order valence-electron chi connectivity index (χ2n) is 5.29. The molecule has 17 heavy (non-hydrogen) atoms. The topological polar surface area (TPSA) is 38.5 Å². The van der Waals surface area contributed by atoms with Gasteiger partial charge in [0.2, 0.25) is 0 Å². The Morgan fingerprint density at radius 2 is 2.18 bits per heavy atom. The molecule has 0 bridgehead atoms. The van der Waals surface area contributed by atoms with E-state index in [1.165, 1.54) is 5.69 Å². The molecule has 1 heterocycles. The lowest BCUT2D eigenvalue weighted by molar-refractivity contribution is 0.105. The molecule has 0 fully saturated rings. The molecular formula is C14H22N2O. The molecule has 2 rings (SSSR count). The maximum Gasteiger partial charge on any atom is 0.143 e. The average Bonchev–Trinajstić information content (AvgIpc) is 2.27. The van der Waals surface area contributed by atoms with Crippen molar-refractivity contribution >= 4 is 5.69 Å². The number of nitrogens with two attached hydrogens (primary N) is 1. The largest absolute Gasteiger partial charge is 0.484 e. The normalized spacial score (nSPS) is 17.5. The van der Waals surface area contributed by atoms with Crippen LogP contribution in [-0.2, 0) is 6.54 Å². The number of rotatable bonds is 3. The summed E-state index contributed by atoms with van der Waals surface area (Å²) in [6.45, 7) is 9.04. The molecule has 0 atom stereocenters. The number of hydrogen-bond acceptors (Lipinski definition) is 3. The van der Waals surface area contributed by atoms with Gasteiger partial charge >= 0.3 is 0 Å². The number of ether oxygens (including phenoxy) is 1. The second-order valence-corrected chi connectivity index (χ2v) is 5.29. The fourth-order valence-electron chi connectivity index (χ4n) is 2.37. The number of anilines is 1. The zero-order chi connectivity index (χ0) is 12.5. The Morgan fingerprint density at radius 3 is 2.82 bits per heavy atom. The van der Waals surface area contributed by atoms with E-state index in [2.05, 4.69) is 43.9 Å². The number of nitrogens with zero attached hydrogens (tertiary/aromatic N) is 1. The van der Waals surface area contributed by atoms with Crippen LogP contribution in [0.2, 0.25) is 0 Å². The van der Waals surface area contributed by atoms with Crippen molar-refractivity contribution in [1.29, 1.82) is 0 Å². The molecule has 1 aliphatic heterocycles. The fraction of sp³-hybridized carbons (Fsp3) is 0.571. The minimum atomic E-state index is -0.130. The highest BCUT2D eigenvalue weighted by atomic mass is 16.5. The Hall–Kier alpha value is -1.22. The molecule has 0 aliphatic carbocycles. The van der Waals surface area contributed by atoms with E-state index < -0.39 is 0 Å². The first-order valence-electron chi connectivity index (χ1n) is 6.32. The van der Waals surface area contributed by atoms with Gasteiger partial charge in [0.1, 0.15) is 11.4 Å². The maximum absolute atomic E-state index is 6.04. The first kappa shape index (κ1) is 12.2. The van der Waals surface area contributed by atoms with Gasteiger partial charge in [-0.3, -0.25) is 0 Å². The minimum Gasteiger partial charge on any atom is -0.484 e. The highest BCUT2D eigenvalue weighted by Crippen LogP contribution is 2.37. The van der Waals surface area contributed by atoms with E-state index in [0.717, 1.165) is 30.8 Å². The van der Waals surface area contributed by atoms with Crippen molar-refractivity contribution in [2.75, 3.05) is 18.0 Å². The van der Waals surface area contributed by atoms with Crippen LogP contribution < -0.4 is 15.4 Å². The first-order chi connectivity index (χ1) is 8.05. The van der Waals surface area contributed by atoms with Crippen molar-refractivity contribution in [3.8, 4) is 5.75 Å². The highest BCUT2D eigenvalue weighted by molar-refractivity contribution is 5.61. The zero-order valence-electron chi connectivity index (χ0n) is 11.0. The molecule has 0 saturated carbocycles. The van der Waals surface area contributed by atoms with E-state index >= 15 is 0 Å². The van der Waals surface area contributed by atoms with Gasteiger partial charge in [-0.1, -0.05) is 13.0 Å². The van der Waals surface area contributed by atoms with Crippen LogP contribution in [0.3, 0.4) is 0 Å². The van der Waals surface area contributed by atoms with Gasteiger partial charge in [-0.05, 0) is 38.0 Å². The zero-order valence-corrected chi connectivity index (χ0v) is 11.0. The van der Waals surface area contributed by atoms with Gasteiger partial charge in [-0.25, -0.2) is 0 Å². The summed E-state index contributed by atoms with van der Waals surface area (Å²) in [7, 11) is 0. The summed E-state index contributed by atoms with van der Waals surface area (Å²) in [5, 5.41) is 0. The molecule has 0 saturated heterocycles. The fourth-order valence-corrected chi connectivity index (χ4v) is 2.37.